The first kappa shape index (κ1) is 22.0. The molecule has 0 saturated heterocycles. The minimum absolute atomic E-state index is 0.0537. The van der Waals surface area contributed by atoms with Gasteiger partial charge in [-0.25, -0.2) is 0 Å². The quantitative estimate of drug-likeness (QED) is 0.240. The van der Waals surface area contributed by atoms with Crippen molar-refractivity contribution in [3.05, 3.63) is 156 Å². The standard InChI is InChI=1S/C32H27OP/c1-25-17-19-26(20-18-25)32(33)27-21-23-31(24-22-27)34(28-11-5-2-6-12-28,29-13-7-3-8-14-29)30-15-9-4-10-16-30/h2-24,34H,1H3. The molecule has 0 aliphatic heterocycles. The number of rotatable bonds is 6. The van der Waals surface area contributed by atoms with Gasteiger partial charge in [0.1, 0.15) is 0 Å². The third-order valence-electron chi connectivity index (χ3n) is 6.51. The third-order valence-corrected chi connectivity index (χ3v) is 11.3. The molecule has 5 aromatic rings. The number of hydrogen-bond donors (Lipinski definition) is 0. The monoisotopic (exact) mass is 458 g/mol. The average molecular weight is 459 g/mol. The van der Waals surface area contributed by atoms with Crippen LogP contribution in [0.4, 0.5) is 0 Å². The Morgan fingerprint density at radius 1 is 0.441 bits per heavy atom. The van der Waals surface area contributed by atoms with Crippen molar-refractivity contribution < 1.29 is 4.79 Å². The maximum absolute atomic E-state index is 13.1. The fourth-order valence-electron chi connectivity index (χ4n) is 4.81. The fraction of sp³-hybridized carbons (Fsp3) is 0.0312. The van der Waals surface area contributed by atoms with Gasteiger partial charge in [-0.3, -0.25) is 0 Å². The van der Waals surface area contributed by atoms with E-state index in [0.29, 0.717) is 5.56 Å². The summed E-state index contributed by atoms with van der Waals surface area (Å²) in [5.74, 6) is 0.0537. The molecule has 0 saturated carbocycles. The van der Waals surface area contributed by atoms with Gasteiger partial charge in [0.25, 0.3) is 0 Å². The van der Waals surface area contributed by atoms with Crippen LogP contribution in [0.5, 0.6) is 0 Å². The molecule has 5 aromatic carbocycles. The van der Waals surface area contributed by atoms with Crippen molar-refractivity contribution in [2.24, 2.45) is 0 Å². The third kappa shape index (κ3) is 4.00. The Morgan fingerprint density at radius 3 is 1.15 bits per heavy atom. The van der Waals surface area contributed by atoms with Gasteiger partial charge in [-0.05, 0) is 0 Å². The summed E-state index contributed by atoms with van der Waals surface area (Å²) in [4.78, 5) is 13.1. The summed E-state index contributed by atoms with van der Waals surface area (Å²) in [6, 6.07) is 48.5. The molecule has 1 nitrogen and oxygen atoms in total. The van der Waals surface area contributed by atoms with E-state index >= 15 is 0 Å². The van der Waals surface area contributed by atoms with E-state index in [1.54, 1.807) is 0 Å². The van der Waals surface area contributed by atoms with Crippen LogP contribution in [0.2, 0.25) is 0 Å². The molecule has 0 heterocycles. The van der Waals surface area contributed by atoms with Crippen LogP contribution in [0.1, 0.15) is 21.5 Å². The number of aryl methyl sites for hydroxylation is 1. The fourth-order valence-corrected chi connectivity index (χ4v) is 9.55. The summed E-state index contributed by atoms with van der Waals surface area (Å²) in [7, 11) is -2.56. The van der Waals surface area contributed by atoms with Gasteiger partial charge in [0.15, 0.2) is 0 Å². The zero-order valence-corrected chi connectivity index (χ0v) is 20.2. The van der Waals surface area contributed by atoms with E-state index in [9.17, 15) is 4.79 Å². The minimum atomic E-state index is -2.56. The molecule has 2 heteroatoms. The summed E-state index contributed by atoms with van der Waals surface area (Å²) in [5.41, 5.74) is 2.58. The Balaban J connectivity index is 1.70. The molecule has 166 valence electrons. The molecule has 0 radical (unpaired) electrons. The Morgan fingerprint density at radius 2 is 0.765 bits per heavy atom. The SMILES string of the molecule is Cc1ccc(C(=O)c2ccc([PH](c3ccccc3)(c3ccccc3)c3ccccc3)cc2)cc1. The first-order valence-corrected chi connectivity index (χ1v) is 13.6. The van der Waals surface area contributed by atoms with Gasteiger partial charge in [-0.1, -0.05) is 0 Å². The zero-order valence-electron chi connectivity index (χ0n) is 19.2. The number of ketones is 1. The summed E-state index contributed by atoms with van der Waals surface area (Å²) in [6.45, 7) is 2.03. The summed E-state index contributed by atoms with van der Waals surface area (Å²) >= 11 is 0. The molecule has 0 amide bonds. The van der Waals surface area contributed by atoms with Gasteiger partial charge in [-0.2, -0.15) is 0 Å². The summed E-state index contributed by atoms with van der Waals surface area (Å²) in [6.07, 6.45) is 0. The molecule has 0 aliphatic rings. The molecule has 0 unspecified atom stereocenters. The molecular weight excluding hydrogens is 431 g/mol. The van der Waals surface area contributed by atoms with Crippen molar-refractivity contribution >= 4 is 34.3 Å². The van der Waals surface area contributed by atoms with Crippen molar-refractivity contribution in [1.29, 1.82) is 0 Å². The predicted molar refractivity (Wildman–Crippen MR) is 147 cm³/mol. The van der Waals surface area contributed by atoms with E-state index in [-0.39, 0.29) is 5.78 Å². The van der Waals surface area contributed by atoms with E-state index in [2.05, 4.69) is 103 Å². The van der Waals surface area contributed by atoms with Gasteiger partial charge in [-0.15, -0.1) is 0 Å². The molecule has 0 aliphatic carbocycles. The second-order valence-electron chi connectivity index (χ2n) is 8.62. The van der Waals surface area contributed by atoms with Crippen LogP contribution in [-0.4, -0.2) is 5.78 Å². The Kier molecular flexibility index (Phi) is 6.21. The van der Waals surface area contributed by atoms with E-state index in [1.165, 1.54) is 21.2 Å². The molecule has 0 atom stereocenters. The van der Waals surface area contributed by atoms with Gasteiger partial charge in [0.05, 0.1) is 0 Å². The maximum atomic E-state index is 13.1. The van der Waals surface area contributed by atoms with Crippen LogP contribution in [0.25, 0.3) is 0 Å². The molecule has 0 N–H and O–H groups in total. The van der Waals surface area contributed by atoms with Crippen molar-refractivity contribution in [2.45, 2.75) is 6.92 Å². The number of hydrogen-bond acceptors (Lipinski definition) is 1. The van der Waals surface area contributed by atoms with Crippen LogP contribution < -0.4 is 21.2 Å². The van der Waals surface area contributed by atoms with E-state index in [4.69, 9.17) is 0 Å². The van der Waals surface area contributed by atoms with Crippen LogP contribution in [0.3, 0.4) is 0 Å². The normalized spacial score (nSPS) is 11.7. The Hall–Kier alpha value is -3.80. The first-order valence-electron chi connectivity index (χ1n) is 11.6. The second-order valence-corrected chi connectivity index (χ2v) is 12.4. The second kappa shape index (κ2) is 9.59. The Labute approximate surface area is 202 Å². The van der Waals surface area contributed by atoms with Gasteiger partial charge < -0.3 is 0 Å². The van der Waals surface area contributed by atoms with Crippen LogP contribution in [0, 0.1) is 6.92 Å². The van der Waals surface area contributed by atoms with Crippen molar-refractivity contribution in [1.82, 2.24) is 0 Å². The predicted octanol–water partition coefficient (Wildman–Crippen LogP) is 5.58. The Bertz CT molecular complexity index is 1280. The van der Waals surface area contributed by atoms with E-state index < -0.39 is 7.26 Å². The van der Waals surface area contributed by atoms with Crippen LogP contribution in [0.15, 0.2) is 140 Å². The number of carbonyl (C=O) groups excluding carboxylic acids is 1. The summed E-state index contributed by atoms with van der Waals surface area (Å²) in [5, 5.41) is 5.23. The molecule has 0 bridgehead atoms. The molecule has 0 fully saturated rings. The molecule has 0 spiro atoms. The van der Waals surface area contributed by atoms with E-state index in [1.807, 2.05) is 43.3 Å². The van der Waals surface area contributed by atoms with Crippen molar-refractivity contribution in [3.8, 4) is 0 Å². The van der Waals surface area contributed by atoms with Crippen molar-refractivity contribution in [2.75, 3.05) is 0 Å². The molecule has 0 aromatic heterocycles. The first-order chi connectivity index (χ1) is 16.7. The molecule has 34 heavy (non-hydrogen) atoms. The number of benzene rings is 5. The molecular formula is C32H27OP. The van der Waals surface area contributed by atoms with Crippen LogP contribution >= 0.6 is 7.26 Å². The molecule has 5 rings (SSSR count). The average Bonchev–Trinajstić information content (AvgIpc) is 2.91. The van der Waals surface area contributed by atoms with Gasteiger partial charge >= 0.3 is 202 Å². The zero-order chi connectivity index (χ0) is 23.4. The van der Waals surface area contributed by atoms with Gasteiger partial charge in [0.2, 0.25) is 0 Å². The number of carbonyl (C=O) groups is 1. The van der Waals surface area contributed by atoms with Crippen molar-refractivity contribution in [3.63, 3.8) is 0 Å². The van der Waals surface area contributed by atoms with Crippen LogP contribution in [-0.2, 0) is 0 Å². The van der Waals surface area contributed by atoms with E-state index in [0.717, 1.165) is 11.1 Å². The van der Waals surface area contributed by atoms with Gasteiger partial charge in [0, 0.05) is 0 Å². The summed E-state index contributed by atoms with van der Waals surface area (Å²) < 4.78 is 0. The topological polar surface area (TPSA) is 17.1 Å².